The van der Waals surface area contributed by atoms with Crippen LogP contribution in [0.25, 0.3) is 17.1 Å². The van der Waals surface area contributed by atoms with Crippen LogP contribution in [-0.2, 0) is 10.2 Å². The first-order valence-corrected chi connectivity index (χ1v) is 13.6. The first-order chi connectivity index (χ1) is 17.7. The Bertz CT molecular complexity index is 1380. The number of nitrogens with one attached hydrogen (secondary N) is 1. The summed E-state index contributed by atoms with van der Waals surface area (Å²) in [6, 6.07) is 21.0. The summed E-state index contributed by atoms with van der Waals surface area (Å²) in [5.74, 6) is 1.38. The summed E-state index contributed by atoms with van der Waals surface area (Å²) in [6.07, 6.45) is 0. The SMILES string of the molecule is CCOc1ccc(-n2c(SCC(=O)Nc3ccc(Cl)cc3Cl)nnc2-c2ccc(C(C)(C)C)cc2)cc1. The number of aromatic nitrogens is 3. The van der Waals surface area contributed by atoms with E-state index in [4.69, 9.17) is 27.9 Å². The number of anilines is 1. The van der Waals surface area contributed by atoms with E-state index < -0.39 is 0 Å². The molecule has 6 nitrogen and oxygen atoms in total. The molecule has 3 aromatic carbocycles. The van der Waals surface area contributed by atoms with Gasteiger partial charge in [0, 0.05) is 16.3 Å². The zero-order chi connectivity index (χ0) is 26.6. The summed E-state index contributed by atoms with van der Waals surface area (Å²) in [4.78, 5) is 12.7. The molecule has 0 radical (unpaired) electrons. The minimum atomic E-state index is -0.216. The Balaban J connectivity index is 1.62. The van der Waals surface area contributed by atoms with E-state index in [1.165, 1.54) is 17.3 Å². The molecule has 0 aliphatic rings. The highest BCUT2D eigenvalue weighted by Crippen LogP contribution is 2.31. The van der Waals surface area contributed by atoms with Crippen LogP contribution >= 0.6 is 35.0 Å². The molecular weight excluding hydrogens is 527 g/mol. The van der Waals surface area contributed by atoms with Crippen molar-refractivity contribution in [2.45, 2.75) is 38.3 Å². The summed E-state index contributed by atoms with van der Waals surface area (Å²) in [7, 11) is 0. The van der Waals surface area contributed by atoms with Crippen molar-refractivity contribution in [3.8, 4) is 22.8 Å². The zero-order valence-corrected chi connectivity index (χ0v) is 23.4. The zero-order valence-electron chi connectivity index (χ0n) is 21.1. The van der Waals surface area contributed by atoms with Crippen LogP contribution in [0, 0.1) is 0 Å². The van der Waals surface area contributed by atoms with Crippen LogP contribution in [-0.4, -0.2) is 33.0 Å². The maximum absolute atomic E-state index is 12.7. The van der Waals surface area contributed by atoms with Gasteiger partial charge in [0.1, 0.15) is 5.75 Å². The number of carbonyl (C=O) groups excluding carboxylic acids is 1. The third kappa shape index (κ3) is 6.66. The maximum Gasteiger partial charge on any atom is 0.234 e. The Morgan fingerprint density at radius 2 is 1.70 bits per heavy atom. The highest BCUT2D eigenvalue weighted by Gasteiger charge is 2.19. The molecule has 1 aromatic heterocycles. The molecule has 0 aliphatic carbocycles. The van der Waals surface area contributed by atoms with Crippen molar-refractivity contribution in [3.63, 3.8) is 0 Å². The summed E-state index contributed by atoms with van der Waals surface area (Å²) in [5.41, 5.74) is 3.58. The number of carbonyl (C=O) groups is 1. The molecule has 0 atom stereocenters. The predicted octanol–water partition coefficient (Wildman–Crippen LogP) is 7.67. The molecule has 1 amide bonds. The molecule has 1 heterocycles. The van der Waals surface area contributed by atoms with Crippen LogP contribution in [0.3, 0.4) is 0 Å². The monoisotopic (exact) mass is 554 g/mol. The van der Waals surface area contributed by atoms with Gasteiger partial charge in [0.05, 0.1) is 23.1 Å². The van der Waals surface area contributed by atoms with Gasteiger partial charge in [-0.3, -0.25) is 9.36 Å². The van der Waals surface area contributed by atoms with E-state index >= 15 is 0 Å². The second-order valence-electron chi connectivity index (χ2n) is 9.36. The Kier molecular flexibility index (Phi) is 8.47. The van der Waals surface area contributed by atoms with E-state index in [1.807, 2.05) is 35.8 Å². The molecule has 0 saturated carbocycles. The lowest BCUT2D eigenvalue weighted by Gasteiger charge is -2.19. The normalized spacial score (nSPS) is 11.4. The molecule has 4 rings (SSSR count). The minimum absolute atomic E-state index is 0.0443. The number of hydrogen-bond acceptors (Lipinski definition) is 5. The number of nitrogens with zero attached hydrogens (tertiary/aromatic N) is 3. The number of ether oxygens (including phenoxy) is 1. The lowest BCUT2D eigenvalue weighted by Crippen LogP contribution is -2.15. The molecule has 0 spiro atoms. The van der Waals surface area contributed by atoms with Crippen LogP contribution < -0.4 is 10.1 Å². The average Bonchev–Trinajstić information content (AvgIpc) is 3.29. The molecule has 37 heavy (non-hydrogen) atoms. The molecule has 4 aromatic rings. The Morgan fingerprint density at radius 1 is 1.00 bits per heavy atom. The summed E-state index contributed by atoms with van der Waals surface area (Å²) < 4.78 is 7.56. The summed E-state index contributed by atoms with van der Waals surface area (Å²) in [5, 5.41) is 13.2. The van der Waals surface area contributed by atoms with Gasteiger partial charge in [0.2, 0.25) is 5.91 Å². The van der Waals surface area contributed by atoms with Crippen LogP contribution in [0.4, 0.5) is 5.69 Å². The molecule has 0 unspecified atom stereocenters. The van der Waals surface area contributed by atoms with Gasteiger partial charge in [-0.05, 0) is 60.4 Å². The molecule has 0 fully saturated rings. The smallest absolute Gasteiger partial charge is 0.234 e. The van der Waals surface area contributed by atoms with Gasteiger partial charge in [-0.2, -0.15) is 0 Å². The Morgan fingerprint density at radius 3 is 2.32 bits per heavy atom. The number of rotatable bonds is 8. The van der Waals surface area contributed by atoms with Gasteiger partial charge in [-0.1, -0.05) is 80.0 Å². The van der Waals surface area contributed by atoms with Crippen LogP contribution in [0.2, 0.25) is 10.0 Å². The summed E-state index contributed by atoms with van der Waals surface area (Å²) in [6.45, 7) is 9.08. The first-order valence-electron chi connectivity index (χ1n) is 11.8. The fourth-order valence-electron chi connectivity index (χ4n) is 3.67. The fourth-order valence-corrected chi connectivity index (χ4v) is 4.88. The molecule has 192 valence electrons. The largest absolute Gasteiger partial charge is 0.494 e. The van der Waals surface area contributed by atoms with Gasteiger partial charge in [0.15, 0.2) is 11.0 Å². The van der Waals surface area contributed by atoms with E-state index in [0.29, 0.717) is 33.3 Å². The maximum atomic E-state index is 12.7. The van der Waals surface area contributed by atoms with Crippen molar-refractivity contribution in [3.05, 3.63) is 82.3 Å². The van der Waals surface area contributed by atoms with E-state index in [1.54, 1.807) is 18.2 Å². The second-order valence-corrected chi connectivity index (χ2v) is 11.1. The Hall–Kier alpha value is -3.00. The van der Waals surface area contributed by atoms with Crippen molar-refractivity contribution in [2.75, 3.05) is 17.7 Å². The van der Waals surface area contributed by atoms with E-state index in [0.717, 1.165) is 17.0 Å². The van der Waals surface area contributed by atoms with Crippen LogP contribution in [0.15, 0.2) is 71.9 Å². The van der Waals surface area contributed by atoms with Crippen molar-refractivity contribution in [1.82, 2.24) is 14.8 Å². The topological polar surface area (TPSA) is 69.0 Å². The van der Waals surface area contributed by atoms with Crippen LogP contribution in [0.1, 0.15) is 33.3 Å². The van der Waals surface area contributed by atoms with Gasteiger partial charge in [0.25, 0.3) is 0 Å². The molecule has 0 saturated heterocycles. The highest BCUT2D eigenvalue weighted by atomic mass is 35.5. The van der Waals surface area contributed by atoms with Gasteiger partial charge in [-0.15, -0.1) is 10.2 Å². The van der Waals surface area contributed by atoms with Crippen molar-refractivity contribution >= 4 is 46.6 Å². The van der Waals surface area contributed by atoms with Crippen molar-refractivity contribution in [2.24, 2.45) is 0 Å². The number of hydrogen-bond donors (Lipinski definition) is 1. The van der Waals surface area contributed by atoms with Crippen LogP contribution in [0.5, 0.6) is 5.75 Å². The number of amides is 1. The number of benzene rings is 3. The molecule has 0 aliphatic heterocycles. The lowest BCUT2D eigenvalue weighted by molar-refractivity contribution is -0.113. The van der Waals surface area contributed by atoms with E-state index in [9.17, 15) is 4.79 Å². The molecule has 1 N–H and O–H groups in total. The number of halogens is 2. The fraction of sp³-hybridized carbons (Fsp3) is 0.250. The van der Waals surface area contributed by atoms with Crippen molar-refractivity contribution < 1.29 is 9.53 Å². The van der Waals surface area contributed by atoms with E-state index in [-0.39, 0.29) is 17.1 Å². The standard InChI is InChI=1S/C28H28Cl2N4O2S/c1-5-36-22-13-11-21(12-14-22)34-26(18-6-8-19(9-7-18)28(2,3)4)32-33-27(34)37-17-25(35)31-24-15-10-20(29)16-23(24)30/h6-16H,5,17H2,1-4H3,(H,31,35). The highest BCUT2D eigenvalue weighted by molar-refractivity contribution is 7.99. The van der Waals surface area contributed by atoms with Crippen molar-refractivity contribution in [1.29, 1.82) is 0 Å². The minimum Gasteiger partial charge on any atom is -0.494 e. The third-order valence-corrected chi connectivity index (χ3v) is 7.06. The number of thioether (sulfide) groups is 1. The third-order valence-electron chi connectivity index (χ3n) is 5.59. The van der Waals surface area contributed by atoms with Gasteiger partial charge in [-0.25, -0.2) is 0 Å². The second kappa shape index (κ2) is 11.6. The first kappa shape index (κ1) is 27.0. The van der Waals surface area contributed by atoms with Gasteiger partial charge < -0.3 is 10.1 Å². The molecule has 0 bridgehead atoms. The molecular formula is C28H28Cl2N4O2S. The Labute approximate surface area is 231 Å². The summed E-state index contributed by atoms with van der Waals surface area (Å²) >= 11 is 13.4. The van der Waals surface area contributed by atoms with Gasteiger partial charge >= 0.3 is 0 Å². The predicted molar refractivity (Wildman–Crippen MR) is 152 cm³/mol. The average molecular weight is 556 g/mol. The molecule has 9 heteroatoms. The quantitative estimate of drug-likeness (QED) is 0.226. The lowest BCUT2D eigenvalue weighted by atomic mass is 9.87. The van der Waals surface area contributed by atoms with E-state index in [2.05, 4.69) is 60.6 Å².